The Bertz CT molecular complexity index is 1000. The average Bonchev–Trinajstić information content (AvgIpc) is 2.75. The molecular weight excluding hydrogens is 374 g/mol. The Hall–Kier alpha value is -3.87. The summed E-state index contributed by atoms with van der Waals surface area (Å²) in [6.07, 6.45) is -0.959. The van der Waals surface area contributed by atoms with Gasteiger partial charge < -0.3 is 14.2 Å². The van der Waals surface area contributed by atoms with E-state index in [-0.39, 0.29) is 11.4 Å². The van der Waals surface area contributed by atoms with Gasteiger partial charge in [-0.25, -0.2) is 4.79 Å². The number of hydrogen-bond acceptors (Lipinski definition) is 6. The number of rotatable bonds is 7. The number of nitro benzene ring substituents is 1. The third-order valence-electron chi connectivity index (χ3n) is 4.18. The van der Waals surface area contributed by atoms with Crippen LogP contribution in [-0.4, -0.2) is 24.1 Å². The van der Waals surface area contributed by atoms with E-state index in [1.807, 2.05) is 42.5 Å². The van der Waals surface area contributed by atoms with Gasteiger partial charge in [0.05, 0.1) is 18.1 Å². The van der Waals surface area contributed by atoms with Crippen LogP contribution >= 0.6 is 0 Å². The topological polar surface area (TPSA) is 87.9 Å². The van der Waals surface area contributed by atoms with Crippen LogP contribution < -0.4 is 14.2 Å². The number of carbonyl (C=O) groups excluding carboxylic acids is 1. The third kappa shape index (κ3) is 4.90. The van der Waals surface area contributed by atoms with E-state index in [9.17, 15) is 14.9 Å². The molecule has 0 radical (unpaired) electrons. The van der Waals surface area contributed by atoms with Gasteiger partial charge in [-0.05, 0) is 42.3 Å². The van der Waals surface area contributed by atoms with Crippen LogP contribution in [-0.2, 0) is 4.79 Å². The second-order valence-corrected chi connectivity index (χ2v) is 6.16. The normalized spacial score (nSPS) is 11.4. The highest BCUT2D eigenvalue weighted by molar-refractivity contribution is 5.78. The molecule has 0 aliphatic carbocycles. The molecule has 0 saturated carbocycles. The minimum atomic E-state index is -0.959. The van der Waals surface area contributed by atoms with Gasteiger partial charge in [-0.15, -0.1) is 0 Å². The number of nitrogens with zero attached hydrogens (tertiary/aromatic N) is 1. The summed E-state index contributed by atoms with van der Waals surface area (Å²) < 4.78 is 15.8. The molecule has 148 valence electrons. The van der Waals surface area contributed by atoms with Crippen molar-refractivity contribution >= 4 is 11.7 Å². The Morgan fingerprint density at radius 1 is 0.931 bits per heavy atom. The molecule has 0 aliphatic heterocycles. The van der Waals surface area contributed by atoms with Crippen molar-refractivity contribution in [2.24, 2.45) is 0 Å². The van der Waals surface area contributed by atoms with E-state index in [1.54, 1.807) is 12.1 Å². The summed E-state index contributed by atoms with van der Waals surface area (Å²) in [7, 11) is 1.39. The van der Waals surface area contributed by atoms with Crippen molar-refractivity contribution < 1.29 is 23.9 Å². The fourth-order valence-corrected chi connectivity index (χ4v) is 2.65. The number of carbonyl (C=O) groups is 1. The standard InChI is InChI=1S/C22H19NO6/c1-15(22(24)29-21-13-12-19(27-2)14-20(21)23(25)26)28-18-10-8-17(9-11-18)16-6-4-3-5-7-16/h3-15H,1-2H3. The molecule has 3 aromatic carbocycles. The molecule has 29 heavy (non-hydrogen) atoms. The Morgan fingerprint density at radius 3 is 2.17 bits per heavy atom. The van der Waals surface area contributed by atoms with Crippen molar-refractivity contribution in [3.63, 3.8) is 0 Å². The lowest BCUT2D eigenvalue weighted by molar-refractivity contribution is -0.385. The Balaban J connectivity index is 1.67. The van der Waals surface area contributed by atoms with Gasteiger partial charge in [-0.2, -0.15) is 0 Å². The molecule has 7 nitrogen and oxygen atoms in total. The monoisotopic (exact) mass is 393 g/mol. The molecule has 0 heterocycles. The zero-order valence-electron chi connectivity index (χ0n) is 15.9. The van der Waals surface area contributed by atoms with Crippen molar-refractivity contribution in [1.82, 2.24) is 0 Å². The molecule has 0 saturated heterocycles. The SMILES string of the molecule is COc1ccc(OC(=O)C(C)Oc2ccc(-c3ccccc3)cc2)c([N+](=O)[O-])c1. The van der Waals surface area contributed by atoms with Crippen LogP contribution in [0.3, 0.4) is 0 Å². The molecule has 0 aliphatic rings. The van der Waals surface area contributed by atoms with Crippen molar-refractivity contribution in [2.75, 3.05) is 7.11 Å². The van der Waals surface area contributed by atoms with Crippen molar-refractivity contribution in [2.45, 2.75) is 13.0 Å². The summed E-state index contributed by atoms with van der Waals surface area (Å²) in [5, 5.41) is 11.2. The summed E-state index contributed by atoms with van der Waals surface area (Å²) in [4.78, 5) is 22.9. The maximum Gasteiger partial charge on any atom is 0.352 e. The predicted octanol–water partition coefficient (Wildman–Crippen LogP) is 4.64. The van der Waals surface area contributed by atoms with E-state index >= 15 is 0 Å². The van der Waals surface area contributed by atoms with E-state index in [0.29, 0.717) is 11.5 Å². The van der Waals surface area contributed by atoms with E-state index in [1.165, 1.54) is 32.2 Å². The average molecular weight is 393 g/mol. The van der Waals surface area contributed by atoms with Crippen molar-refractivity contribution in [3.8, 4) is 28.4 Å². The van der Waals surface area contributed by atoms with E-state index in [0.717, 1.165) is 11.1 Å². The summed E-state index contributed by atoms with van der Waals surface area (Å²) in [5.41, 5.74) is 1.72. The molecule has 0 amide bonds. The van der Waals surface area contributed by atoms with Crippen LogP contribution in [0.1, 0.15) is 6.92 Å². The summed E-state index contributed by atoms with van der Waals surface area (Å²) in [6, 6.07) is 21.1. The highest BCUT2D eigenvalue weighted by Gasteiger charge is 2.23. The number of benzene rings is 3. The molecule has 0 N–H and O–H groups in total. The third-order valence-corrected chi connectivity index (χ3v) is 4.18. The summed E-state index contributed by atoms with van der Waals surface area (Å²) >= 11 is 0. The number of nitro groups is 1. The predicted molar refractivity (Wildman–Crippen MR) is 107 cm³/mol. The van der Waals surface area contributed by atoms with Crippen LogP contribution in [0.25, 0.3) is 11.1 Å². The van der Waals surface area contributed by atoms with Gasteiger partial charge >= 0.3 is 11.7 Å². The lowest BCUT2D eigenvalue weighted by atomic mass is 10.1. The highest BCUT2D eigenvalue weighted by atomic mass is 16.6. The van der Waals surface area contributed by atoms with Crippen LogP contribution in [0.4, 0.5) is 5.69 Å². The van der Waals surface area contributed by atoms with Gasteiger partial charge in [-0.3, -0.25) is 10.1 Å². The van der Waals surface area contributed by atoms with Crippen LogP contribution in [0.15, 0.2) is 72.8 Å². The second-order valence-electron chi connectivity index (χ2n) is 6.16. The molecule has 1 atom stereocenters. The van der Waals surface area contributed by atoms with Crippen molar-refractivity contribution in [1.29, 1.82) is 0 Å². The van der Waals surface area contributed by atoms with Gasteiger partial charge in [0.15, 0.2) is 6.10 Å². The first-order valence-corrected chi connectivity index (χ1v) is 8.84. The van der Waals surface area contributed by atoms with Crippen LogP contribution in [0.5, 0.6) is 17.2 Å². The van der Waals surface area contributed by atoms with Crippen molar-refractivity contribution in [3.05, 3.63) is 82.9 Å². The summed E-state index contributed by atoms with van der Waals surface area (Å²) in [6.45, 7) is 1.52. The quantitative estimate of drug-likeness (QED) is 0.251. The lowest BCUT2D eigenvalue weighted by Gasteiger charge is -2.14. The Kier molecular flexibility index (Phi) is 6.09. The zero-order chi connectivity index (χ0) is 20.8. The number of hydrogen-bond donors (Lipinski definition) is 0. The van der Waals surface area contributed by atoms with Gasteiger partial charge in [0.2, 0.25) is 5.75 Å². The van der Waals surface area contributed by atoms with Crippen LogP contribution in [0, 0.1) is 10.1 Å². The molecule has 3 rings (SSSR count). The van der Waals surface area contributed by atoms with E-state index in [2.05, 4.69) is 0 Å². The molecule has 0 bridgehead atoms. The van der Waals surface area contributed by atoms with Gasteiger partial charge in [-0.1, -0.05) is 42.5 Å². The minimum absolute atomic E-state index is 0.171. The molecular formula is C22H19NO6. The van der Waals surface area contributed by atoms with E-state index < -0.39 is 17.0 Å². The number of ether oxygens (including phenoxy) is 3. The molecule has 3 aromatic rings. The van der Waals surface area contributed by atoms with Gasteiger partial charge in [0.25, 0.3) is 0 Å². The Labute approximate surface area is 167 Å². The molecule has 0 fully saturated rings. The minimum Gasteiger partial charge on any atom is -0.496 e. The van der Waals surface area contributed by atoms with Gasteiger partial charge in [0.1, 0.15) is 11.5 Å². The highest BCUT2D eigenvalue weighted by Crippen LogP contribution is 2.31. The molecule has 0 spiro atoms. The molecule has 0 aromatic heterocycles. The van der Waals surface area contributed by atoms with Crippen LogP contribution in [0.2, 0.25) is 0 Å². The molecule has 1 unspecified atom stereocenters. The second kappa shape index (κ2) is 8.88. The smallest absolute Gasteiger partial charge is 0.352 e. The maximum absolute atomic E-state index is 12.3. The van der Waals surface area contributed by atoms with E-state index in [4.69, 9.17) is 14.2 Å². The largest absolute Gasteiger partial charge is 0.496 e. The fourth-order valence-electron chi connectivity index (χ4n) is 2.65. The number of methoxy groups -OCH3 is 1. The van der Waals surface area contributed by atoms with Gasteiger partial charge in [0, 0.05) is 0 Å². The fraction of sp³-hybridized carbons (Fsp3) is 0.136. The number of esters is 1. The summed E-state index contributed by atoms with van der Waals surface area (Å²) in [5.74, 6) is -0.140. The Morgan fingerprint density at radius 2 is 1.55 bits per heavy atom. The lowest BCUT2D eigenvalue weighted by Crippen LogP contribution is -2.28. The first-order valence-electron chi connectivity index (χ1n) is 8.84. The molecule has 7 heteroatoms. The first-order chi connectivity index (χ1) is 14.0. The zero-order valence-corrected chi connectivity index (χ0v) is 15.9. The maximum atomic E-state index is 12.3. The first kappa shape index (κ1) is 19.9.